The van der Waals surface area contributed by atoms with Crippen molar-refractivity contribution in [3.05, 3.63) is 108 Å². The second-order valence-electron chi connectivity index (χ2n) is 11.4. The van der Waals surface area contributed by atoms with Crippen LogP contribution in [-0.4, -0.2) is 51.4 Å². The third-order valence-corrected chi connectivity index (χ3v) is 7.55. The number of nitrogens with zero attached hydrogens (tertiary/aromatic N) is 2. The van der Waals surface area contributed by atoms with E-state index in [1.807, 2.05) is 45.9 Å². The van der Waals surface area contributed by atoms with Crippen LogP contribution < -0.4 is 0 Å². The van der Waals surface area contributed by atoms with Gasteiger partial charge in [-0.15, -0.1) is 0 Å². The summed E-state index contributed by atoms with van der Waals surface area (Å²) in [5, 5.41) is 12.3. The van der Waals surface area contributed by atoms with E-state index in [1.165, 1.54) is 16.7 Å². The summed E-state index contributed by atoms with van der Waals surface area (Å²) in [6.07, 6.45) is -0.192. The van der Waals surface area contributed by atoms with Crippen LogP contribution in [0.1, 0.15) is 44.4 Å². The van der Waals surface area contributed by atoms with E-state index in [2.05, 4.69) is 77.7 Å². The zero-order valence-corrected chi connectivity index (χ0v) is 22.3. The molecule has 0 saturated carbocycles. The number of aliphatic hydroxyl groups excluding tert-OH is 1. The molecule has 0 aliphatic carbocycles. The Hall–Kier alpha value is -2.99. The van der Waals surface area contributed by atoms with Crippen molar-refractivity contribution in [2.24, 2.45) is 4.99 Å². The largest absolute Gasteiger partial charge is 0.476 e. The van der Waals surface area contributed by atoms with Gasteiger partial charge in [-0.25, -0.2) is 4.99 Å². The second-order valence-corrected chi connectivity index (χ2v) is 11.4. The fourth-order valence-corrected chi connectivity index (χ4v) is 5.49. The maximum Gasteiger partial charge on any atom is 0.223 e. The molecular formula is C32H38N2O3. The van der Waals surface area contributed by atoms with Crippen molar-refractivity contribution in [2.75, 3.05) is 6.61 Å². The minimum atomic E-state index is -0.994. The fraction of sp³-hybridized carbons (Fsp3) is 0.406. The summed E-state index contributed by atoms with van der Waals surface area (Å²) in [7, 11) is 0. The van der Waals surface area contributed by atoms with E-state index < -0.39 is 17.3 Å². The maximum absolute atomic E-state index is 12.3. The first kappa shape index (κ1) is 25.7. The van der Waals surface area contributed by atoms with Gasteiger partial charge in [0.1, 0.15) is 18.3 Å². The average Bonchev–Trinajstić information content (AvgIpc) is 3.30. The fourth-order valence-electron chi connectivity index (χ4n) is 5.49. The number of aliphatic hydroxyl groups is 1. The number of benzene rings is 3. The lowest BCUT2D eigenvalue weighted by Gasteiger charge is -2.38. The molecule has 2 aliphatic rings. The monoisotopic (exact) mass is 498 g/mol. The van der Waals surface area contributed by atoms with E-state index >= 15 is 0 Å². The van der Waals surface area contributed by atoms with Crippen LogP contribution in [0, 0.1) is 0 Å². The molecule has 37 heavy (non-hydrogen) atoms. The molecule has 3 atom stereocenters. The Bertz CT molecular complexity index is 1170. The summed E-state index contributed by atoms with van der Waals surface area (Å²) in [6.45, 7) is 10.0. The highest BCUT2D eigenvalue weighted by Gasteiger charge is 2.74. The maximum atomic E-state index is 12.3. The van der Waals surface area contributed by atoms with Gasteiger partial charge < -0.3 is 14.6 Å². The lowest BCUT2D eigenvalue weighted by Crippen LogP contribution is -2.55. The van der Waals surface area contributed by atoms with Gasteiger partial charge in [0.25, 0.3) is 0 Å². The van der Waals surface area contributed by atoms with Crippen molar-refractivity contribution in [3.8, 4) is 0 Å². The van der Waals surface area contributed by atoms with Crippen LogP contribution in [0.15, 0.2) is 96.0 Å². The molecule has 0 unspecified atom stereocenters. The lowest BCUT2D eigenvalue weighted by molar-refractivity contribution is 0.00150. The Morgan fingerprint density at radius 3 is 1.65 bits per heavy atom. The van der Waals surface area contributed by atoms with E-state index in [1.54, 1.807) is 0 Å². The van der Waals surface area contributed by atoms with Crippen molar-refractivity contribution >= 4 is 5.90 Å². The first-order chi connectivity index (χ1) is 17.7. The molecule has 1 fully saturated rings. The highest BCUT2D eigenvalue weighted by atomic mass is 16.7. The van der Waals surface area contributed by atoms with Crippen LogP contribution in [0.3, 0.4) is 0 Å². The third kappa shape index (κ3) is 5.35. The van der Waals surface area contributed by atoms with E-state index in [-0.39, 0.29) is 11.6 Å². The van der Waals surface area contributed by atoms with E-state index in [0.29, 0.717) is 32.0 Å². The number of hydrogen-bond acceptors (Lipinski definition) is 5. The van der Waals surface area contributed by atoms with Crippen LogP contribution >= 0.6 is 0 Å². The number of hydrogen-bond donors (Lipinski definition) is 1. The van der Waals surface area contributed by atoms with Crippen molar-refractivity contribution in [1.82, 2.24) is 4.90 Å². The summed E-state index contributed by atoms with van der Waals surface area (Å²) >= 11 is 0. The van der Waals surface area contributed by atoms with Crippen LogP contribution in [0.2, 0.25) is 0 Å². The summed E-state index contributed by atoms with van der Waals surface area (Å²) in [6, 6.07) is 31.0. The van der Waals surface area contributed by atoms with E-state index in [4.69, 9.17) is 14.5 Å². The van der Waals surface area contributed by atoms with Gasteiger partial charge in [-0.2, -0.15) is 0 Å². The van der Waals surface area contributed by atoms with Crippen LogP contribution in [0.25, 0.3) is 0 Å². The summed E-state index contributed by atoms with van der Waals surface area (Å²) in [5.41, 5.74) is 1.64. The molecule has 5 nitrogen and oxygen atoms in total. The number of ether oxygens (including phenoxy) is 2. The Balaban J connectivity index is 1.56. The Morgan fingerprint density at radius 2 is 1.24 bits per heavy atom. The molecule has 0 aromatic heterocycles. The third-order valence-electron chi connectivity index (χ3n) is 7.55. The highest BCUT2D eigenvalue weighted by Crippen LogP contribution is 2.54. The minimum absolute atomic E-state index is 0.250. The van der Waals surface area contributed by atoms with E-state index in [9.17, 15) is 5.11 Å². The van der Waals surface area contributed by atoms with Gasteiger partial charge in [0.2, 0.25) is 5.90 Å². The van der Waals surface area contributed by atoms with Crippen molar-refractivity contribution in [2.45, 2.75) is 76.1 Å². The summed E-state index contributed by atoms with van der Waals surface area (Å²) < 4.78 is 12.5. The van der Waals surface area contributed by atoms with Crippen molar-refractivity contribution in [3.63, 3.8) is 0 Å². The molecular weight excluding hydrogens is 460 g/mol. The molecule has 0 spiro atoms. The molecule has 3 aromatic rings. The molecule has 0 amide bonds. The Morgan fingerprint density at radius 1 is 0.784 bits per heavy atom. The van der Waals surface area contributed by atoms with Gasteiger partial charge in [-0.3, -0.25) is 4.90 Å². The van der Waals surface area contributed by atoms with Gasteiger partial charge in [-0.1, -0.05) is 91.0 Å². The number of epoxide rings is 1. The Labute approximate surface area is 220 Å². The van der Waals surface area contributed by atoms with Crippen molar-refractivity contribution in [1.29, 1.82) is 0 Å². The minimum Gasteiger partial charge on any atom is -0.476 e. The molecule has 2 aliphatic heterocycles. The quantitative estimate of drug-likeness (QED) is 0.380. The van der Waals surface area contributed by atoms with Crippen molar-refractivity contribution < 1.29 is 14.6 Å². The average molecular weight is 499 g/mol. The van der Waals surface area contributed by atoms with Gasteiger partial charge in [0.05, 0.1) is 5.54 Å². The molecule has 194 valence electrons. The zero-order valence-electron chi connectivity index (χ0n) is 22.3. The van der Waals surface area contributed by atoms with Gasteiger partial charge in [0, 0.05) is 19.1 Å². The molecule has 0 radical (unpaired) electrons. The topological polar surface area (TPSA) is 57.6 Å². The smallest absolute Gasteiger partial charge is 0.223 e. The SMILES string of the molecule is CC1(C)COC([C@@]2([C@H](O)[C@H](Cc3ccccc3)N(Cc3ccccc3)Cc3ccccc3)OC2(C)C)=N1. The molecule has 5 heteroatoms. The lowest BCUT2D eigenvalue weighted by atomic mass is 9.83. The predicted molar refractivity (Wildman–Crippen MR) is 147 cm³/mol. The van der Waals surface area contributed by atoms with Gasteiger partial charge in [0.15, 0.2) is 5.60 Å². The molecule has 2 heterocycles. The van der Waals surface area contributed by atoms with Crippen LogP contribution in [0.5, 0.6) is 0 Å². The first-order valence-electron chi connectivity index (χ1n) is 13.2. The standard InChI is InChI=1S/C32H38N2O3/c1-30(2)23-36-29(33-30)32(31(3,4)37-32)28(35)27(20-24-14-8-5-9-15-24)34(21-25-16-10-6-11-17-25)22-26-18-12-7-13-19-26/h5-19,27-28,35H,20-23H2,1-4H3/t27-,28+,32+/m0/s1. The van der Waals surface area contributed by atoms with Gasteiger partial charge >= 0.3 is 0 Å². The molecule has 1 saturated heterocycles. The number of aliphatic imine (C=N–C) groups is 1. The first-order valence-corrected chi connectivity index (χ1v) is 13.2. The van der Waals surface area contributed by atoms with Crippen LogP contribution in [-0.2, 0) is 29.0 Å². The highest BCUT2D eigenvalue weighted by molar-refractivity contribution is 5.92. The Kier molecular flexibility index (Phi) is 6.97. The number of rotatable bonds is 10. The predicted octanol–water partition coefficient (Wildman–Crippen LogP) is 5.42. The molecule has 3 aromatic carbocycles. The molecule has 0 bridgehead atoms. The summed E-state index contributed by atoms with van der Waals surface area (Å²) in [5.74, 6) is 0.521. The normalized spacial score (nSPS) is 23.2. The molecule has 1 N–H and O–H groups in total. The zero-order chi connectivity index (χ0) is 26.1. The summed E-state index contributed by atoms with van der Waals surface area (Å²) in [4.78, 5) is 7.26. The second kappa shape index (κ2) is 10.1. The molecule has 5 rings (SSSR count). The van der Waals surface area contributed by atoms with Gasteiger partial charge in [-0.05, 0) is 50.8 Å². The van der Waals surface area contributed by atoms with E-state index in [0.717, 1.165) is 0 Å². The van der Waals surface area contributed by atoms with Crippen LogP contribution in [0.4, 0.5) is 0 Å².